The Hall–Kier alpha value is -2.93. The Bertz CT molecular complexity index is 1350. The molecule has 2 aromatic rings. The summed E-state index contributed by atoms with van der Waals surface area (Å²) in [5.41, 5.74) is 5.56. The zero-order valence-corrected chi connectivity index (χ0v) is 23.1. The Morgan fingerprint density at radius 2 is 1.77 bits per heavy atom. The molecule has 0 spiro atoms. The van der Waals surface area contributed by atoms with Gasteiger partial charge in [-0.1, -0.05) is 36.4 Å². The van der Waals surface area contributed by atoms with Crippen molar-refractivity contribution in [2.75, 3.05) is 6.54 Å². The quantitative estimate of drug-likeness (QED) is 0.262. The molecule has 1 unspecified atom stereocenters. The number of rotatable bonds is 5. The summed E-state index contributed by atoms with van der Waals surface area (Å²) in [5.74, 6) is -1.04. The lowest BCUT2D eigenvalue weighted by Crippen LogP contribution is -2.61. The summed E-state index contributed by atoms with van der Waals surface area (Å²) in [4.78, 5) is 30.1. The number of hydrogen-bond donors (Lipinski definition) is 5. The zero-order valence-electron chi connectivity index (χ0n) is 21.5. The highest BCUT2D eigenvalue weighted by Gasteiger charge is 2.46. The average molecular weight is 579 g/mol. The van der Waals surface area contributed by atoms with Crippen molar-refractivity contribution in [2.45, 2.75) is 80.2 Å². The Morgan fingerprint density at radius 3 is 2.54 bits per heavy atom. The van der Waals surface area contributed by atoms with Crippen molar-refractivity contribution in [3.05, 3.63) is 42.5 Å². The normalized spacial score (nSPS) is 27.4. The minimum atomic E-state index is -4.01. The fourth-order valence-corrected chi connectivity index (χ4v) is 7.53. The van der Waals surface area contributed by atoms with E-state index in [4.69, 9.17) is 11.1 Å². The molecule has 13 heteroatoms. The maximum Gasteiger partial charge on any atom is 0.243 e. The van der Waals surface area contributed by atoms with E-state index in [1.54, 1.807) is 23.1 Å². The number of halogens is 1. The molecule has 39 heavy (non-hydrogen) atoms. The molecule has 0 aliphatic carbocycles. The molecule has 0 bridgehead atoms. The minimum Gasteiger partial charge on any atom is -0.371 e. The molecule has 3 aliphatic heterocycles. The number of nitrogens with zero attached hydrogens (tertiary/aromatic N) is 2. The maximum absolute atomic E-state index is 13.7. The molecule has 5 atom stereocenters. The Morgan fingerprint density at radius 1 is 1.03 bits per heavy atom. The molecule has 3 heterocycles. The van der Waals surface area contributed by atoms with Crippen LogP contribution in [0, 0.1) is 5.41 Å². The van der Waals surface area contributed by atoms with Crippen molar-refractivity contribution in [3.8, 4) is 0 Å². The van der Waals surface area contributed by atoms with Crippen LogP contribution in [0.1, 0.15) is 44.9 Å². The summed E-state index contributed by atoms with van der Waals surface area (Å²) in [7, 11) is -4.01. The first-order valence-corrected chi connectivity index (χ1v) is 14.6. The number of carbonyl (C=O) groups excluding carboxylic acids is 2. The summed E-state index contributed by atoms with van der Waals surface area (Å²) in [6.45, 7) is 0.428. The van der Waals surface area contributed by atoms with E-state index in [-0.39, 0.29) is 35.2 Å². The summed E-state index contributed by atoms with van der Waals surface area (Å²) < 4.78 is 29.5. The lowest BCUT2D eigenvalue weighted by Gasteiger charge is -2.39. The molecule has 11 nitrogen and oxygen atoms in total. The summed E-state index contributed by atoms with van der Waals surface area (Å²) >= 11 is 0. The number of aliphatic hydroxyl groups is 1. The topological polar surface area (TPSA) is 169 Å². The third-order valence-corrected chi connectivity index (χ3v) is 9.48. The maximum atomic E-state index is 13.7. The standard InChI is InChI=1S/C26H34N6O5S.ClH/c27-26(28)31-15-5-11-19(24(31)34)29-23(33)21-14-13-17-8-4-10-20(25(35)32(17)21)30-38(36,37)22-12-3-7-16-6-1-2-9-18(16)22;/h1-3,6-7,9,12,17,19-21,24,30,34H,4-5,8,10-11,13-15H2,(H3,27,28)(H,29,33);1H/t17-,19-,20-,21-,24?;/m0./s1. The number of nitrogens with two attached hydrogens (primary N) is 1. The highest BCUT2D eigenvalue weighted by molar-refractivity contribution is 7.89. The Labute approximate surface area is 234 Å². The van der Waals surface area contributed by atoms with Crippen LogP contribution in [0.25, 0.3) is 10.8 Å². The van der Waals surface area contributed by atoms with Gasteiger partial charge in [0.15, 0.2) is 5.96 Å². The number of benzene rings is 2. The molecule has 2 aromatic carbocycles. The largest absolute Gasteiger partial charge is 0.371 e. The van der Waals surface area contributed by atoms with Crippen LogP contribution < -0.4 is 15.8 Å². The van der Waals surface area contributed by atoms with E-state index < -0.39 is 40.3 Å². The van der Waals surface area contributed by atoms with Gasteiger partial charge in [-0.3, -0.25) is 15.0 Å². The van der Waals surface area contributed by atoms with Crippen LogP contribution >= 0.6 is 12.4 Å². The fourth-order valence-electron chi connectivity index (χ4n) is 6.08. The van der Waals surface area contributed by atoms with Crippen molar-refractivity contribution in [2.24, 2.45) is 5.73 Å². The molecule has 6 N–H and O–H groups in total. The number of carbonyl (C=O) groups is 2. The van der Waals surface area contributed by atoms with Gasteiger partial charge >= 0.3 is 0 Å². The molecule has 5 rings (SSSR count). The third kappa shape index (κ3) is 5.69. The molecule has 3 fully saturated rings. The van der Waals surface area contributed by atoms with Crippen molar-refractivity contribution in [3.63, 3.8) is 0 Å². The van der Waals surface area contributed by atoms with Gasteiger partial charge in [0.2, 0.25) is 21.8 Å². The molecule has 2 amide bonds. The van der Waals surface area contributed by atoms with Crippen molar-refractivity contribution in [1.82, 2.24) is 19.8 Å². The number of aliphatic hydroxyl groups excluding tert-OH is 1. The minimum absolute atomic E-state index is 0. The van der Waals surface area contributed by atoms with Gasteiger partial charge in [0, 0.05) is 18.0 Å². The lowest BCUT2D eigenvalue weighted by atomic mass is 10.0. The lowest BCUT2D eigenvalue weighted by molar-refractivity contribution is -0.142. The highest BCUT2D eigenvalue weighted by Crippen LogP contribution is 2.33. The van der Waals surface area contributed by atoms with Crippen molar-refractivity contribution in [1.29, 1.82) is 5.41 Å². The monoisotopic (exact) mass is 578 g/mol. The number of fused-ring (bicyclic) bond motifs is 2. The fraction of sp³-hybridized carbons (Fsp3) is 0.500. The highest BCUT2D eigenvalue weighted by atomic mass is 35.5. The first-order chi connectivity index (χ1) is 18.2. The second kappa shape index (κ2) is 11.7. The summed E-state index contributed by atoms with van der Waals surface area (Å²) in [6.07, 6.45) is 2.85. The molecule has 0 saturated carbocycles. The van der Waals surface area contributed by atoms with Crippen LogP contribution in [-0.4, -0.2) is 78.0 Å². The van der Waals surface area contributed by atoms with Gasteiger partial charge in [-0.15, -0.1) is 12.4 Å². The smallest absolute Gasteiger partial charge is 0.243 e. The number of hydrogen-bond acceptors (Lipinski definition) is 6. The second-order valence-electron chi connectivity index (χ2n) is 10.3. The molecule has 3 aliphatic rings. The van der Waals surface area contributed by atoms with E-state index in [9.17, 15) is 23.1 Å². The molecular formula is C26H35ClN6O5S. The van der Waals surface area contributed by atoms with Crippen LogP contribution in [0.3, 0.4) is 0 Å². The van der Waals surface area contributed by atoms with Gasteiger partial charge in [-0.05, 0) is 56.4 Å². The second-order valence-corrected chi connectivity index (χ2v) is 12.0. The predicted octanol–water partition coefficient (Wildman–Crippen LogP) is 1.24. The first-order valence-electron chi connectivity index (χ1n) is 13.1. The van der Waals surface area contributed by atoms with Crippen LogP contribution in [-0.2, 0) is 19.6 Å². The van der Waals surface area contributed by atoms with Gasteiger partial charge in [0.25, 0.3) is 0 Å². The number of guanidine groups is 1. The summed E-state index contributed by atoms with van der Waals surface area (Å²) in [5, 5.41) is 22.5. The number of nitrogens with one attached hydrogen (secondary N) is 3. The van der Waals surface area contributed by atoms with Gasteiger partial charge in [-0.2, -0.15) is 4.72 Å². The van der Waals surface area contributed by atoms with E-state index >= 15 is 0 Å². The molecular weight excluding hydrogens is 544 g/mol. The van der Waals surface area contributed by atoms with Crippen molar-refractivity contribution >= 4 is 51.0 Å². The van der Waals surface area contributed by atoms with E-state index in [0.29, 0.717) is 56.9 Å². The van der Waals surface area contributed by atoms with E-state index in [1.807, 2.05) is 18.2 Å². The van der Waals surface area contributed by atoms with Crippen LogP contribution in [0.15, 0.2) is 47.4 Å². The molecule has 212 valence electrons. The number of sulfonamides is 1. The Balaban J connectivity index is 0.00000353. The van der Waals surface area contributed by atoms with E-state index in [0.717, 1.165) is 5.39 Å². The van der Waals surface area contributed by atoms with Gasteiger partial charge < -0.3 is 26.0 Å². The first kappa shape index (κ1) is 29.1. The van der Waals surface area contributed by atoms with Gasteiger partial charge in [0.05, 0.1) is 10.9 Å². The van der Waals surface area contributed by atoms with E-state index in [1.165, 1.54) is 11.0 Å². The third-order valence-electron chi connectivity index (χ3n) is 7.95. The van der Waals surface area contributed by atoms with Gasteiger partial charge in [-0.25, -0.2) is 8.42 Å². The Kier molecular flexibility index (Phi) is 8.69. The number of likely N-dealkylation sites (tertiary alicyclic amines) is 1. The van der Waals surface area contributed by atoms with Crippen LogP contribution in [0.2, 0.25) is 0 Å². The zero-order chi connectivity index (χ0) is 27.0. The SMILES string of the molecule is Cl.N=C(N)N1CCC[C@H](NC(=O)[C@@H]2CC[C@@H]3CCC[C@H](NS(=O)(=O)c4cccc5ccccc45)C(=O)N32)C1O. The average Bonchev–Trinajstić information content (AvgIpc) is 3.26. The van der Waals surface area contributed by atoms with E-state index in [2.05, 4.69) is 10.0 Å². The van der Waals surface area contributed by atoms with Crippen molar-refractivity contribution < 1.29 is 23.1 Å². The number of amides is 2. The van der Waals surface area contributed by atoms with Crippen LogP contribution in [0.5, 0.6) is 0 Å². The predicted molar refractivity (Wildman–Crippen MR) is 149 cm³/mol. The summed E-state index contributed by atoms with van der Waals surface area (Å²) in [6, 6.07) is 9.72. The molecule has 0 aromatic heterocycles. The van der Waals surface area contributed by atoms with Crippen LogP contribution in [0.4, 0.5) is 0 Å². The molecule has 0 radical (unpaired) electrons. The number of piperidine rings is 1. The van der Waals surface area contributed by atoms with Gasteiger partial charge in [0.1, 0.15) is 18.3 Å². The molecule has 3 saturated heterocycles.